The molecule has 0 aromatic heterocycles. The van der Waals surface area contributed by atoms with Gasteiger partial charge in [0, 0.05) is 13.1 Å². The monoisotopic (exact) mass is 319 g/mol. The number of carbonyl (C=O) groups is 2. The van der Waals surface area contributed by atoms with Crippen molar-refractivity contribution >= 4 is 24.2 Å². The fraction of sp³-hybridized carbons (Fsp3) is 0.857. The van der Waals surface area contributed by atoms with Crippen LogP contribution in [0.4, 0.5) is 0 Å². The third-order valence-corrected chi connectivity index (χ3v) is 3.97. The molecule has 2 N–H and O–H groups in total. The second kappa shape index (κ2) is 9.23. The Bertz CT molecular complexity index is 342. The minimum absolute atomic E-state index is 0. The topological polar surface area (TPSA) is 70.7 Å². The lowest BCUT2D eigenvalue weighted by Crippen LogP contribution is -2.55. The molecule has 0 aliphatic carbocycles. The highest BCUT2D eigenvalue weighted by atomic mass is 35.5. The van der Waals surface area contributed by atoms with Gasteiger partial charge in [-0.2, -0.15) is 0 Å². The summed E-state index contributed by atoms with van der Waals surface area (Å²) < 4.78 is 5.25. The Morgan fingerprint density at radius 3 is 2.62 bits per heavy atom. The first-order chi connectivity index (χ1) is 9.72. The zero-order valence-corrected chi connectivity index (χ0v) is 13.4. The van der Waals surface area contributed by atoms with Gasteiger partial charge >= 0.3 is 0 Å². The minimum Gasteiger partial charge on any atom is -0.378 e. The number of halogens is 1. The standard InChI is InChI=1S/C14H25N3O3.ClH/c1-2-11(14(19)17-7-9-20-10-8-17)16-13(18)12-5-3-4-6-15-12;/h11-12,15H,2-10H2,1H3,(H,16,18);1H. The van der Waals surface area contributed by atoms with Gasteiger partial charge in [0.15, 0.2) is 0 Å². The molecule has 2 rings (SSSR count). The Kier molecular flexibility index (Phi) is 8.00. The first-order valence-electron chi connectivity index (χ1n) is 7.62. The predicted molar refractivity (Wildman–Crippen MR) is 82.5 cm³/mol. The SMILES string of the molecule is CCC(NC(=O)C1CCCCN1)C(=O)N1CCOCC1.Cl. The highest BCUT2D eigenvalue weighted by Gasteiger charge is 2.28. The van der Waals surface area contributed by atoms with Crippen molar-refractivity contribution in [2.24, 2.45) is 0 Å². The average Bonchev–Trinajstić information content (AvgIpc) is 2.53. The van der Waals surface area contributed by atoms with E-state index in [0.717, 1.165) is 25.8 Å². The molecule has 2 heterocycles. The van der Waals surface area contributed by atoms with E-state index >= 15 is 0 Å². The quantitative estimate of drug-likeness (QED) is 0.782. The molecule has 6 nitrogen and oxygen atoms in total. The molecule has 0 bridgehead atoms. The molecule has 0 aromatic carbocycles. The fourth-order valence-electron chi connectivity index (χ4n) is 2.69. The van der Waals surface area contributed by atoms with E-state index in [2.05, 4.69) is 10.6 Å². The lowest BCUT2D eigenvalue weighted by atomic mass is 10.0. The lowest BCUT2D eigenvalue weighted by molar-refractivity contribution is -0.140. The van der Waals surface area contributed by atoms with Crippen LogP contribution in [0.15, 0.2) is 0 Å². The molecule has 2 unspecified atom stereocenters. The van der Waals surface area contributed by atoms with Crippen LogP contribution in [0.5, 0.6) is 0 Å². The van der Waals surface area contributed by atoms with Crippen LogP contribution < -0.4 is 10.6 Å². The summed E-state index contributed by atoms with van der Waals surface area (Å²) in [5, 5.41) is 6.11. The number of amides is 2. The Morgan fingerprint density at radius 1 is 1.33 bits per heavy atom. The van der Waals surface area contributed by atoms with Gasteiger partial charge in [-0.25, -0.2) is 0 Å². The van der Waals surface area contributed by atoms with Crippen LogP contribution in [0.3, 0.4) is 0 Å². The van der Waals surface area contributed by atoms with Gasteiger partial charge in [0.2, 0.25) is 11.8 Å². The number of hydrogen-bond acceptors (Lipinski definition) is 4. The molecule has 2 atom stereocenters. The summed E-state index contributed by atoms with van der Waals surface area (Å²) in [6, 6.07) is -0.556. The van der Waals surface area contributed by atoms with Crippen molar-refractivity contribution in [1.82, 2.24) is 15.5 Å². The van der Waals surface area contributed by atoms with Crippen molar-refractivity contribution in [2.75, 3.05) is 32.8 Å². The van der Waals surface area contributed by atoms with Crippen LogP contribution in [0.25, 0.3) is 0 Å². The number of ether oxygens (including phenoxy) is 1. The molecule has 7 heteroatoms. The molecule has 2 saturated heterocycles. The molecular weight excluding hydrogens is 294 g/mol. The van der Waals surface area contributed by atoms with Crippen LogP contribution in [-0.2, 0) is 14.3 Å². The van der Waals surface area contributed by atoms with Crippen LogP contribution in [0.2, 0.25) is 0 Å². The van der Waals surface area contributed by atoms with E-state index in [1.165, 1.54) is 0 Å². The number of nitrogens with one attached hydrogen (secondary N) is 2. The van der Waals surface area contributed by atoms with Gasteiger partial charge in [-0.05, 0) is 25.8 Å². The van der Waals surface area contributed by atoms with Crippen LogP contribution in [0, 0.1) is 0 Å². The van der Waals surface area contributed by atoms with Crippen LogP contribution in [0.1, 0.15) is 32.6 Å². The molecular formula is C14H26ClN3O3. The summed E-state index contributed by atoms with van der Waals surface area (Å²) in [5.74, 6) is -0.0295. The molecule has 2 fully saturated rings. The highest BCUT2D eigenvalue weighted by Crippen LogP contribution is 2.09. The second-order valence-electron chi connectivity index (χ2n) is 5.41. The van der Waals surface area contributed by atoms with Crippen molar-refractivity contribution in [2.45, 2.75) is 44.7 Å². The van der Waals surface area contributed by atoms with Gasteiger partial charge in [-0.3, -0.25) is 9.59 Å². The van der Waals surface area contributed by atoms with Gasteiger partial charge in [0.25, 0.3) is 0 Å². The maximum absolute atomic E-state index is 12.4. The van der Waals surface area contributed by atoms with E-state index in [1.807, 2.05) is 6.92 Å². The molecule has 0 radical (unpaired) electrons. The smallest absolute Gasteiger partial charge is 0.245 e. The van der Waals surface area contributed by atoms with Crippen molar-refractivity contribution in [3.63, 3.8) is 0 Å². The van der Waals surface area contributed by atoms with Crippen molar-refractivity contribution in [3.05, 3.63) is 0 Å². The molecule has 2 aliphatic rings. The largest absolute Gasteiger partial charge is 0.378 e. The molecule has 2 amide bonds. The van der Waals surface area contributed by atoms with E-state index < -0.39 is 6.04 Å². The molecule has 0 saturated carbocycles. The predicted octanol–water partition coefficient (Wildman–Crippen LogP) is 0.304. The van der Waals surface area contributed by atoms with Crippen LogP contribution in [-0.4, -0.2) is 61.6 Å². The third kappa shape index (κ3) is 5.13. The molecule has 0 aromatic rings. The van der Waals surface area contributed by atoms with Crippen LogP contribution >= 0.6 is 12.4 Å². The summed E-state index contributed by atoms with van der Waals surface area (Å²) in [6.07, 6.45) is 3.66. The average molecular weight is 320 g/mol. The number of rotatable bonds is 4. The molecule has 122 valence electrons. The summed E-state index contributed by atoms with van der Waals surface area (Å²) in [4.78, 5) is 26.4. The third-order valence-electron chi connectivity index (χ3n) is 3.97. The zero-order valence-electron chi connectivity index (χ0n) is 12.6. The Labute approximate surface area is 132 Å². The van der Waals surface area contributed by atoms with E-state index in [1.54, 1.807) is 4.90 Å². The number of carbonyl (C=O) groups excluding carboxylic acids is 2. The van der Waals surface area contributed by atoms with E-state index in [-0.39, 0.29) is 30.3 Å². The number of hydrogen-bond donors (Lipinski definition) is 2. The molecule has 0 spiro atoms. The first-order valence-corrected chi connectivity index (χ1v) is 7.62. The van der Waals surface area contributed by atoms with Gasteiger partial charge in [-0.1, -0.05) is 13.3 Å². The normalized spacial score (nSPS) is 23.9. The van der Waals surface area contributed by atoms with Gasteiger partial charge in [0.1, 0.15) is 6.04 Å². The van der Waals surface area contributed by atoms with Crippen molar-refractivity contribution in [1.29, 1.82) is 0 Å². The van der Waals surface area contributed by atoms with Gasteiger partial charge < -0.3 is 20.3 Å². The lowest BCUT2D eigenvalue weighted by Gasteiger charge is -2.31. The zero-order chi connectivity index (χ0) is 14.4. The summed E-state index contributed by atoms with van der Waals surface area (Å²) in [6.45, 7) is 5.21. The van der Waals surface area contributed by atoms with Gasteiger partial charge in [0.05, 0.1) is 19.3 Å². The fourth-order valence-corrected chi connectivity index (χ4v) is 2.69. The Hall–Kier alpha value is -0.850. The minimum atomic E-state index is -0.413. The van der Waals surface area contributed by atoms with Crippen molar-refractivity contribution < 1.29 is 14.3 Å². The Balaban J connectivity index is 0.00000220. The maximum Gasteiger partial charge on any atom is 0.245 e. The van der Waals surface area contributed by atoms with E-state index in [4.69, 9.17) is 4.74 Å². The molecule has 21 heavy (non-hydrogen) atoms. The second-order valence-corrected chi connectivity index (χ2v) is 5.41. The highest BCUT2D eigenvalue weighted by molar-refractivity contribution is 5.89. The number of piperidine rings is 1. The summed E-state index contributed by atoms with van der Waals surface area (Å²) in [5.41, 5.74) is 0. The Morgan fingerprint density at radius 2 is 2.05 bits per heavy atom. The van der Waals surface area contributed by atoms with Gasteiger partial charge in [-0.15, -0.1) is 12.4 Å². The maximum atomic E-state index is 12.4. The number of nitrogens with zero attached hydrogens (tertiary/aromatic N) is 1. The molecule has 2 aliphatic heterocycles. The summed E-state index contributed by atoms with van der Waals surface area (Å²) in [7, 11) is 0. The van der Waals surface area contributed by atoms with Crippen molar-refractivity contribution in [3.8, 4) is 0 Å². The summed E-state index contributed by atoms with van der Waals surface area (Å²) >= 11 is 0. The van der Waals surface area contributed by atoms with E-state index in [0.29, 0.717) is 32.7 Å². The van der Waals surface area contributed by atoms with E-state index in [9.17, 15) is 9.59 Å². The first kappa shape index (κ1) is 18.2. The number of morpholine rings is 1.